The summed E-state index contributed by atoms with van der Waals surface area (Å²) < 4.78 is 1.90. The van der Waals surface area contributed by atoms with E-state index in [0.717, 1.165) is 31.2 Å². The van der Waals surface area contributed by atoms with Crippen molar-refractivity contribution in [3.05, 3.63) is 152 Å². The molecule has 0 aliphatic carbocycles. The highest BCUT2D eigenvalue weighted by Gasteiger charge is 2.56. The fraction of sp³-hybridized carbons (Fsp3) is 0.0667. The van der Waals surface area contributed by atoms with Gasteiger partial charge in [0.15, 0.2) is 0 Å². The summed E-state index contributed by atoms with van der Waals surface area (Å²) in [4.78, 5) is 0. The van der Waals surface area contributed by atoms with E-state index in [-0.39, 0.29) is 0 Å². The molecule has 0 spiro atoms. The molecule has 4 aromatic carbocycles. The number of hydrazone groups is 1. The summed E-state index contributed by atoms with van der Waals surface area (Å²) in [7, 11) is 0. The molecular formula is C30H22Br2N4. The highest BCUT2D eigenvalue weighted by molar-refractivity contribution is 9.10. The van der Waals surface area contributed by atoms with Crippen molar-refractivity contribution >= 4 is 38.1 Å². The first-order chi connectivity index (χ1) is 17.6. The van der Waals surface area contributed by atoms with E-state index in [2.05, 4.69) is 74.3 Å². The largest absolute Gasteiger partial charge is 0.383 e. The van der Waals surface area contributed by atoms with E-state index in [1.165, 1.54) is 0 Å². The maximum Gasteiger partial charge on any atom is 0.136 e. The lowest BCUT2D eigenvalue weighted by Gasteiger charge is -2.39. The van der Waals surface area contributed by atoms with Crippen LogP contribution in [0.25, 0.3) is 0 Å². The predicted octanol–water partition coefficient (Wildman–Crippen LogP) is 7.28. The Hall–Kier alpha value is -3.66. The summed E-state index contributed by atoms with van der Waals surface area (Å²) in [5.41, 5.74) is 10.2. The van der Waals surface area contributed by atoms with Gasteiger partial charge in [0.2, 0.25) is 0 Å². The van der Waals surface area contributed by atoms with E-state index in [9.17, 15) is 5.26 Å². The Morgan fingerprint density at radius 1 is 0.806 bits per heavy atom. The molecule has 176 valence electrons. The number of hydrogen-bond acceptors (Lipinski definition) is 4. The van der Waals surface area contributed by atoms with Gasteiger partial charge in [-0.05, 0) is 46.5 Å². The van der Waals surface area contributed by atoms with Gasteiger partial charge in [-0.1, -0.05) is 117 Å². The molecule has 1 atom stereocenters. The van der Waals surface area contributed by atoms with Crippen LogP contribution in [0.2, 0.25) is 0 Å². The van der Waals surface area contributed by atoms with Crippen LogP contribution >= 0.6 is 31.9 Å². The molecule has 5 rings (SSSR count). The first-order valence-electron chi connectivity index (χ1n) is 11.4. The summed E-state index contributed by atoms with van der Waals surface area (Å²) in [6.45, 7) is 0. The second kappa shape index (κ2) is 10.1. The van der Waals surface area contributed by atoms with E-state index < -0.39 is 11.5 Å². The Labute approximate surface area is 227 Å². The predicted molar refractivity (Wildman–Crippen MR) is 151 cm³/mol. The Bertz CT molecular complexity index is 1450. The number of rotatable bonds is 5. The average molecular weight is 598 g/mol. The fourth-order valence-electron chi connectivity index (χ4n) is 5.01. The molecule has 0 radical (unpaired) electrons. The average Bonchev–Trinajstić information content (AvgIpc) is 3.16. The molecule has 0 saturated carbocycles. The monoisotopic (exact) mass is 596 g/mol. The van der Waals surface area contributed by atoms with E-state index in [4.69, 9.17) is 10.8 Å². The summed E-state index contributed by atoms with van der Waals surface area (Å²) in [6, 6.07) is 38.3. The number of benzene rings is 4. The normalized spacial score (nSPS) is 16.9. The first-order valence-corrected chi connectivity index (χ1v) is 13.0. The first kappa shape index (κ1) is 24.1. The van der Waals surface area contributed by atoms with Crippen LogP contribution in [-0.4, -0.2) is 11.2 Å². The van der Waals surface area contributed by atoms with Crippen molar-refractivity contribution in [2.75, 3.05) is 0 Å². The van der Waals surface area contributed by atoms with Gasteiger partial charge in [-0.3, -0.25) is 0 Å². The van der Waals surface area contributed by atoms with Crippen LogP contribution in [0.3, 0.4) is 0 Å². The van der Waals surface area contributed by atoms with E-state index in [1.54, 1.807) is 11.2 Å². The minimum Gasteiger partial charge on any atom is -0.383 e. The van der Waals surface area contributed by atoms with Gasteiger partial charge in [0, 0.05) is 8.95 Å². The SMILES string of the molecule is N#CC1=C(N)N(/N=C/c2cccc(Br)c2)C(c2cccc(Br)c2)C1(c1ccccc1)c1ccccc1. The lowest BCUT2D eigenvalue weighted by molar-refractivity contribution is 0.244. The van der Waals surface area contributed by atoms with E-state index in [1.807, 2.05) is 72.8 Å². The minimum absolute atomic E-state index is 0.335. The maximum atomic E-state index is 10.6. The van der Waals surface area contributed by atoms with Gasteiger partial charge in [-0.2, -0.15) is 10.4 Å². The quantitative estimate of drug-likeness (QED) is 0.246. The van der Waals surface area contributed by atoms with E-state index >= 15 is 0 Å². The summed E-state index contributed by atoms with van der Waals surface area (Å²) >= 11 is 7.16. The second-order valence-electron chi connectivity index (χ2n) is 8.51. The van der Waals surface area contributed by atoms with Crippen LogP contribution in [0.15, 0.2) is 135 Å². The number of nitrogens with zero attached hydrogens (tertiary/aromatic N) is 3. The molecule has 1 heterocycles. The van der Waals surface area contributed by atoms with Gasteiger partial charge in [0.25, 0.3) is 0 Å². The van der Waals surface area contributed by atoms with Crippen LogP contribution in [-0.2, 0) is 5.41 Å². The number of hydrogen-bond donors (Lipinski definition) is 1. The highest BCUT2D eigenvalue weighted by Crippen LogP contribution is 2.57. The summed E-state index contributed by atoms with van der Waals surface area (Å²) in [6.07, 6.45) is 1.78. The van der Waals surface area contributed by atoms with Gasteiger partial charge in [0.05, 0.1) is 29.3 Å². The Balaban J connectivity index is 1.82. The lowest BCUT2D eigenvalue weighted by atomic mass is 9.64. The number of nitriles is 1. The van der Waals surface area contributed by atoms with Crippen LogP contribution in [0.1, 0.15) is 28.3 Å². The third-order valence-electron chi connectivity index (χ3n) is 6.47. The Kier molecular flexibility index (Phi) is 6.77. The number of nitrogens with two attached hydrogens (primary N) is 1. The molecule has 4 aromatic rings. The van der Waals surface area contributed by atoms with Crippen molar-refractivity contribution in [2.24, 2.45) is 10.8 Å². The van der Waals surface area contributed by atoms with Crippen LogP contribution in [0.4, 0.5) is 0 Å². The summed E-state index contributed by atoms with van der Waals surface area (Å²) in [5, 5.41) is 17.3. The van der Waals surface area contributed by atoms with Crippen molar-refractivity contribution in [3.8, 4) is 6.07 Å². The lowest BCUT2D eigenvalue weighted by Crippen LogP contribution is -2.38. The zero-order valence-electron chi connectivity index (χ0n) is 19.2. The number of halogens is 2. The highest BCUT2D eigenvalue weighted by atomic mass is 79.9. The van der Waals surface area contributed by atoms with Gasteiger partial charge in [-0.25, -0.2) is 5.01 Å². The molecule has 0 fully saturated rings. The third kappa shape index (κ3) is 4.15. The Morgan fingerprint density at radius 3 is 1.94 bits per heavy atom. The van der Waals surface area contributed by atoms with Crippen LogP contribution in [0, 0.1) is 11.3 Å². The third-order valence-corrected chi connectivity index (χ3v) is 7.45. The molecule has 1 aliphatic rings. The van der Waals surface area contributed by atoms with Gasteiger partial charge in [-0.15, -0.1) is 0 Å². The zero-order valence-corrected chi connectivity index (χ0v) is 22.4. The molecule has 1 aliphatic heterocycles. The van der Waals surface area contributed by atoms with Gasteiger partial charge < -0.3 is 5.73 Å². The molecule has 36 heavy (non-hydrogen) atoms. The zero-order chi connectivity index (χ0) is 25.1. The van der Waals surface area contributed by atoms with Crippen molar-refractivity contribution in [1.82, 2.24) is 5.01 Å². The second-order valence-corrected chi connectivity index (χ2v) is 10.3. The molecule has 0 aromatic heterocycles. The molecule has 0 saturated heterocycles. The van der Waals surface area contributed by atoms with Crippen LogP contribution < -0.4 is 5.73 Å². The molecule has 6 heteroatoms. The summed E-state index contributed by atoms with van der Waals surface area (Å²) in [5.74, 6) is 0.335. The van der Waals surface area contributed by atoms with Crippen molar-refractivity contribution in [3.63, 3.8) is 0 Å². The van der Waals surface area contributed by atoms with Crippen molar-refractivity contribution < 1.29 is 0 Å². The Morgan fingerprint density at radius 2 is 1.39 bits per heavy atom. The van der Waals surface area contributed by atoms with Gasteiger partial charge in [0.1, 0.15) is 5.82 Å². The molecule has 1 unspecified atom stereocenters. The van der Waals surface area contributed by atoms with Crippen LogP contribution in [0.5, 0.6) is 0 Å². The van der Waals surface area contributed by atoms with E-state index in [0.29, 0.717) is 11.4 Å². The standard InChI is InChI=1S/C30H22Br2N4/c31-25-15-7-9-21(17-25)20-35-36-28(22-10-8-16-26(32)18-22)30(27(19-33)29(36)34,23-11-3-1-4-12-23)24-13-5-2-6-14-24/h1-18,20,28H,34H2/b35-20+. The maximum absolute atomic E-state index is 10.6. The molecule has 0 bridgehead atoms. The van der Waals surface area contributed by atoms with Gasteiger partial charge >= 0.3 is 0 Å². The minimum atomic E-state index is -0.878. The molecular weight excluding hydrogens is 576 g/mol. The topological polar surface area (TPSA) is 65.4 Å². The molecule has 2 N–H and O–H groups in total. The van der Waals surface area contributed by atoms with Crippen molar-refractivity contribution in [1.29, 1.82) is 5.26 Å². The molecule has 4 nitrogen and oxygen atoms in total. The fourth-order valence-corrected chi connectivity index (χ4v) is 5.84. The smallest absolute Gasteiger partial charge is 0.136 e. The van der Waals surface area contributed by atoms with Crippen molar-refractivity contribution in [2.45, 2.75) is 11.5 Å². The molecule has 0 amide bonds.